The van der Waals surface area contributed by atoms with Gasteiger partial charge in [-0.1, -0.05) is 30.3 Å². The number of aliphatic hydroxyl groups is 1. The van der Waals surface area contributed by atoms with Crippen LogP contribution in [0, 0.1) is 5.92 Å². The van der Waals surface area contributed by atoms with Crippen molar-refractivity contribution in [2.75, 3.05) is 26.2 Å². The molecule has 5 heterocycles. The summed E-state index contributed by atoms with van der Waals surface area (Å²) in [5.74, 6) is -0.127. The van der Waals surface area contributed by atoms with Crippen LogP contribution in [0.5, 0.6) is 0 Å². The molecule has 1 aromatic carbocycles. The molecular formula is C26H30NO3S2+. The van der Waals surface area contributed by atoms with Crippen LogP contribution in [0.3, 0.4) is 0 Å². The summed E-state index contributed by atoms with van der Waals surface area (Å²) >= 11 is 2.96. The minimum absolute atomic E-state index is 0.120. The van der Waals surface area contributed by atoms with Gasteiger partial charge >= 0.3 is 5.97 Å². The highest BCUT2D eigenvalue weighted by molar-refractivity contribution is 7.08. The molecule has 6 rings (SSSR count). The molecule has 0 aliphatic carbocycles. The zero-order valence-corrected chi connectivity index (χ0v) is 19.8. The van der Waals surface area contributed by atoms with Crippen molar-refractivity contribution in [1.82, 2.24) is 0 Å². The first-order valence-corrected chi connectivity index (χ1v) is 13.4. The van der Waals surface area contributed by atoms with Crippen molar-refractivity contribution >= 4 is 28.6 Å². The molecule has 1 unspecified atom stereocenters. The van der Waals surface area contributed by atoms with Crippen LogP contribution in [0.25, 0.3) is 0 Å². The smallest absolute Gasteiger partial charge is 0.348 e. The Hall–Kier alpha value is -1.99. The minimum Gasteiger partial charge on any atom is -0.453 e. The quantitative estimate of drug-likeness (QED) is 0.380. The number of esters is 1. The summed E-state index contributed by atoms with van der Waals surface area (Å²) in [5, 5.41) is 19.0. The molecule has 0 amide bonds. The number of ether oxygens (including phenoxy) is 1. The molecule has 0 spiro atoms. The number of quaternary nitrogens is 1. The average Bonchev–Trinajstić information content (AvgIpc) is 3.55. The van der Waals surface area contributed by atoms with Gasteiger partial charge in [-0.05, 0) is 45.6 Å². The molecule has 3 aliphatic rings. The first-order valence-electron chi connectivity index (χ1n) is 11.5. The second-order valence-electron chi connectivity index (χ2n) is 9.30. The number of fused-ring (bicyclic) bond motifs is 3. The maximum atomic E-state index is 13.4. The summed E-state index contributed by atoms with van der Waals surface area (Å²) in [4.78, 5) is 13.4. The van der Waals surface area contributed by atoms with E-state index in [0.29, 0.717) is 17.0 Å². The Morgan fingerprint density at radius 3 is 2.28 bits per heavy atom. The summed E-state index contributed by atoms with van der Waals surface area (Å²) in [5.41, 5.74) is 0.847. The zero-order valence-electron chi connectivity index (χ0n) is 18.2. The molecule has 1 atom stereocenters. The van der Waals surface area contributed by atoms with Gasteiger partial charge in [-0.2, -0.15) is 22.7 Å². The molecule has 2 bridgehead atoms. The van der Waals surface area contributed by atoms with E-state index in [4.69, 9.17) is 4.74 Å². The van der Waals surface area contributed by atoms with Gasteiger partial charge in [-0.25, -0.2) is 4.79 Å². The molecule has 32 heavy (non-hydrogen) atoms. The van der Waals surface area contributed by atoms with Gasteiger partial charge in [0.1, 0.15) is 6.54 Å². The lowest BCUT2D eigenvalue weighted by Crippen LogP contribution is -2.65. The summed E-state index contributed by atoms with van der Waals surface area (Å²) in [6, 6.07) is 14.3. The number of thiophene rings is 2. The molecule has 0 radical (unpaired) electrons. The van der Waals surface area contributed by atoms with Crippen LogP contribution in [0.4, 0.5) is 0 Å². The van der Waals surface area contributed by atoms with Crippen LogP contribution < -0.4 is 0 Å². The molecule has 168 valence electrons. The van der Waals surface area contributed by atoms with Crippen LogP contribution in [0.1, 0.15) is 36.0 Å². The fourth-order valence-electron chi connectivity index (χ4n) is 5.50. The predicted octanol–water partition coefficient (Wildman–Crippen LogP) is 4.83. The van der Waals surface area contributed by atoms with Gasteiger partial charge in [0.25, 0.3) is 0 Å². The van der Waals surface area contributed by atoms with E-state index in [1.54, 1.807) is 0 Å². The molecule has 3 aromatic rings. The van der Waals surface area contributed by atoms with Crippen LogP contribution in [0.15, 0.2) is 64.0 Å². The van der Waals surface area contributed by atoms with Gasteiger partial charge < -0.3 is 14.3 Å². The van der Waals surface area contributed by atoms with Crippen molar-refractivity contribution in [3.05, 3.63) is 80.7 Å². The second kappa shape index (κ2) is 9.10. The molecule has 3 fully saturated rings. The molecule has 3 aliphatic heterocycles. The number of aryl methyl sites for hydroxylation is 1. The lowest BCUT2D eigenvalue weighted by atomic mass is 9.82. The fourth-order valence-corrected chi connectivity index (χ4v) is 6.90. The van der Waals surface area contributed by atoms with E-state index in [0.717, 1.165) is 43.3 Å². The Bertz CT molecular complexity index is 975. The Morgan fingerprint density at radius 2 is 1.69 bits per heavy atom. The maximum Gasteiger partial charge on any atom is 0.348 e. The van der Waals surface area contributed by atoms with Gasteiger partial charge in [0.05, 0.1) is 19.6 Å². The number of piperidine rings is 3. The third kappa shape index (κ3) is 4.17. The number of nitrogens with zero attached hydrogens (tertiary/aromatic N) is 1. The molecule has 4 nitrogen and oxygen atoms in total. The number of hydrogen-bond acceptors (Lipinski definition) is 5. The highest BCUT2D eigenvalue weighted by atomic mass is 32.1. The highest BCUT2D eigenvalue weighted by Crippen LogP contribution is 2.39. The van der Waals surface area contributed by atoms with Crippen molar-refractivity contribution in [3.8, 4) is 0 Å². The SMILES string of the molecule is O=C(OC1C[N+]2(CCCc3ccccc3)CCC1CC2)C(O)(c1ccsc1)c1ccsc1. The molecule has 1 N–H and O–H groups in total. The number of rotatable bonds is 8. The third-order valence-corrected chi connectivity index (χ3v) is 8.78. The van der Waals surface area contributed by atoms with E-state index in [2.05, 4.69) is 30.3 Å². The van der Waals surface area contributed by atoms with Gasteiger partial charge in [0.2, 0.25) is 5.60 Å². The molecule has 3 saturated heterocycles. The van der Waals surface area contributed by atoms with Crippen LogP contribution in [-0.2, 0) is 21.6 Å². The van der Waals surface area contributed by atoms with Crippen LogP contribution >= 0.6 is 22.7 Å². The topological polar surface area (TPSA) is 46.5 Å². The molecule has 0 saturated carbocycles. The van der Waals surface area contributed by atoms with Crippen molar-refractivity contribution in [2.24, 2.45) is 5.92 Å². The second-order valence-corrected chi connectivity index (χ2v) is 10.9. The van der Waals surface area contributed by atoms with Crippen LogP contribution in [0.2, 0.25) is 0 Å². The van der Waals surface area contributed by atoms with E-state index in [9.17, 15) is 9.90 Å². The van der Waals surface area contributed by atoms with Crippen molar-refractivity contribution in [2.45, 2.75) is 37.4 Å². The summed E-state index contributed by atoms with van der Waals surface area (Å²) in [6.07, 6.45) is 4.30. The van der Waals surface area contributed by atoms with Gasteiger partial charge in [-0.15, -0.1) is 0 Å². The Morgan fingerprint density at radius 1 is 1.03 bits per heavy atom. The number of hydrogen-bond donors (Lipinski definition) is 1. The lowest BCUT2D eigenvalue weighted by molar-refractivity contribution is -0.946. The predicted molar refractivity (Wildman–Crippen MR) is 129 cm³/mol. The Kier molecular flexibility index (Phi) is 6.21. The highest BCUT2D eigenvalue weighted by Gasteiger charge is 2.50. The van der Waals surface area contributed by atoms with E-state index in [-0.39, 0.29) is 6.10 Å². The molecular weight excluding hydrogens is 438 g/mol. The maximum absolute atomic E-state index is 13.4. The van der Waals surface area contributed by atoms with E-state index in [1.807, 2.05) is 33.7 Å². The third-order valence-electron chi connectivity index (χ3n) is 7.41. The fraction of sp³-hybridized carbons (Fsp3) is 0.423. The summed E-state index contributed by atoms with van der Waals surface area (Å²) in [7, 11) is 0. The summed E-state index contributed by atoms with van der Waals surface area (Å²) in [6.45, 7) is 4.34. The van der Waals surface area contributed by atoms with Gasteiger partial charge in [-0.3, -0.25) is 0 Å². The van der Waals surface area contributed by atoms with Crippen LogP contribution in [-0.4, -0.2) is 47.8 Å². The number of benzene rings is 1. The lowest BCUT2D eigenvalue weighted by Gasteiger charge is -2.52. The van der Waals surface area contributed by atoms with Gasteiger partial charge in [0, 0.05) is 36.3 Å². The first kappa shape index (κ1) is 21.8. The normalized spacial score (nSPS) is 25.0. The average molecular weight is 469 g/mol. The molecule has 2 aromatic heterocycles. The van der Waals surface area contributed by atoms with Crippen molar-refractivity contribution in [1.29, 1.82) is 0 Å². The summed E-state index contributed by atoms with van der Waals surface area (Å²) < 4.78 is 7.17. The Balaban J connectivity index is 1.28. The zero-order chi connectivity index (χ0) is 22.0. The van der Waals surface area contributed by atoms with Gasteiger partial charge in [0.15, 0.2) is 6.10 Å². The monoisotopic (exact) mass is 468 g/mol. The van der Waals surface area contributed by atoms with E-state index < -0.39 is 11.6 Å². The number of carbonyl (C=O) groups is 1. The Labute approximate surface area is 197 Å². The largest absolute Gasteiger partial charge is 0.453 e. The standard InChI is InChI=1S/C26H30NO3S2/c28-25(26(29,22-10-15-31-18-22)23-11-16-32-19-23)30-24-17-27(13-8-21(24)9-14-27)12-4-7-20-5-2-1-3-6-20/h1-3,5-6,10-11,15-16,18-19,21,24,29H,4,7-9,12-14,17H2/q+1. The minimum atomic E-state index is -1.73. The molecule has 6 heteroatoms. The van der Waals surface area contributed by atoms with Crippen molar-refractivity contribution in [3.63, 3.8) is 0 Å². The van der Waals surface area contributed by atoms with E-state index >= 15 is 0 Å². The first-order chi connectivity index (χ1) is 15.6. The number of carbonyl (C=O) groups excluding carboxylic acids is 1. The van der Waals surface area contributed by atoms with E-state index in [1.165, 1.54) is 41.3 Å². The van der Waals surface area contributed by atoms with Crippen molar-refractivity contribution < 1.29 is 19.1 Å².